The van der Waals surface area contributed by atoms with Crippen LogP contribution >= 0.6 is 0 Å². The minimum atomic E-state index is -0.785. The van der Waals surface area contributed by atoms with Crippen LogP contribution in [0.2, 0.25) is 0 Å². The first-order chi connectivity index (χ1) is 36.5. The van der Waals surface area contributed by atoms with Crippen LogP contribution < -0.4 is 0 Å². The summed E-state index contributed by atoms with van der Waals surface area (Å²) in [5, 5.41) is 0. The number of hydrogen-bond donors (Lipinski definition) is 0. The van der Waals surface area contributed by atoms with Crippen LogP contribution in [0.25, 0.3) is 0 Å². The Morgan fingerprint density at radius 3 is 0.838 bits per heavy atom. The van der Waals surface area contributed by atoms with Crippen LogP contribution in [0.15, 0.2) is 97.2 Å². The molecule has 0 aromatic carbocycles. The van der Waals surface area contributed by atoms with E-state index in [1.807, 2.05) is 0 Å². The third-order valence-corrected chi connectivity index (χ3v) is 13.3. The lowest BCUT2D eigenvalue weighted by molar-refractivity contribution is -0.167. The Balaban J connectivity index is 4.31. The predicted molar refractivity (Wildman–Crippen MR) is 320 cm³/mol. The second-order valence-electron chi connectivity index (χ2n) is 20.6. The average Bonchev–Trinajstić information content (AvgIpc) is 3.40. The fraction of sp³-hybridized carbons (Fsp3) is 0.721. The summed E-state index contributed by atoms with van der Waals surface area (Å²) >= 11 is 0. The molecule has 1 atom stereocenters. The summed E-state index contributed by atoms with van der Waals surface area (Å²) < 4.78 is 16.9. The van der Waals surface area contributed by atoms with Gasteiger partial charge in [0.1, 0.15) is 13.2 Å². The van der Waals surface area contributed by atoms with Gasteiger partial charge in [0.2, 0.25) is 0 Å². The molecule has 0 radical (unpaired) electrons. The van der Waals surface area contributed by atoms with Crippen LogP contribution in [0.1, 0.15) is 297 Å². The van der Waals surface area contributed by atoms with Crippen molar-refractivity contribution in [3.63, 3.8) is 0 Å². The van der Waals surface area contributed by atoms with Crippen LogP contribution in [0.4, 0.5) is 0 Å². The number of unbranched alkanes of at least 4 members (excludes halogenated alkanes) is 29. The second-order valence-corrected chi connectivity index (χ2v) is 20.6. The Hall–Kier alpha value is -3.67. The zero-order chi connectivity index (χ0) is 53.6. The van der Waals surface area contributed by atoms with Gasteiger partial charge in [0, 0.05) is 19.3 Å². The number of rotatable bonds is 56. The highest BCUT2D eigenvalue weighted by Gasteiger charge is 2.19. The van der Waals surface area contributed by atoms with E-state index in [0.29, 0.717) is 19.3 Å². The minimum Gasteiger partial charge on any atom is -0.462 e. The lowest BCUT2D eigenvalue weighted by Gasteiger charge is -2.18. The van der Waals surface area contributed by atoms with E-state index in [1.165, 1.54) is 141 Å². The summed E-state index contributed by atoms with van der Waals surface area (Å²) in [6.07, 6.45) is 82.6. The van der Waals surface area contributed by atoms with Crippen LogP contribution in [0.3, 0.4) is 0 Å². The molecule has 0 heterocycles. The van der Waals surface area contributed by atoms with Gasteiger partial charge < -0.3 is 14.2 Å². The third kappa shape index (κ3) is 59.2. The Labute approximate surface area is 457 Å². The quantitative estimate of drug-likeness (QED) is 0.0261. The van der Waals surface area contributed by atoms with Crippen molar-refractivity contribution in [1.82, 2.24) is 0 Å². The fourth-order valence-electron chi connectivity index (χ4n) is 8.65. The van der Waals surface area contributed by atoms with Gasteiger partial charge in [-0.1, -0.05) is 272 Å². The Morgan fingerprint density at radius 1 is 0.284 bits per heavy atom. The normalized spacial score (nSPS) is 12.7. The largest absolute Gasteiger partial charge is 0.462 e. The van der Waals surface area contributed by atoms with Crippen LogP contribution in [0.5, 0.6) is 0 Å². The smallest absolute Gasteiger partial charge is 0.306 e. The van der Waals surface area contributed by atoms with Crippen molar-refractivity contribution in [2.24, 2.45) is 0 Å². The van der Waals surface area contributed by atoms with E-state index in [9.17, 15) is 14.4 Å². The van der Waals surface area contributed by atoms with Crippen LogP contribution in [-0.2, 0) is 28.6 Å². The van der Waals surface area contributed by atoms with E-state index in [-0.39, 0.29) is 31.1 Å². The average molecular weight is 1030 g/mol. The first-order valence-corrected chi connectivity index (χ1v) is 31.2. The van der Waals surface area contributed by atoms with Gasteiger partial charge in [0.25, 0.3) is 0 Å². The van der Waals surface area contributed by atoms with E-state index in [4.69, 9.17) is 14.2 Å². The summed E-state index contributed by atoms with van der Waals surface area (Å²) in [5.74, 6) is -0.890. The number of allylic oxidation sites excluding steroid dienone is 16. The van der Waals surface area contributed by atoms with Gasteiger partial charge in [-0.25, -0.2) is 0 Å². The molecule has 0 aromatic rings. The Morgan fingerprint density at radius 2 is 0.527 bits per heavy atom. The molecule has 0 spiro atoms. The molecule has 0 saturated carbocycles. The zero-order valence-electron chi connectivity index (χ0n) is 48.6. The molecule has 424 valence electrons. The predicted octanol–water partition coefficient (Wildman–Crippen LogP) is 21.3. The van der Waals surface area contributed by atoms with Crippen molar-refractivity contribution in [3.8, 4) is 0 Å². The van der Waals surface area contributed by atoms with Crippen molar-refractivity contribution < 1.29 is 28.6 Å². The van der Waals surface area contributed by atoms with Gasteiger partial charge in [-0.3, -0.25) is 14.4 Å². The molecule has 0 rings (SSSR count). The number of ether oxygens (including phenoxy) is 3. The van der Waals surface area contributed by atoms with Crippen molar-refractivity contribution in [2.75, 3.05) is 13.2 Å². The lowest BCUT2D eigenvalue weighted by Crippen LogP contribution is -2.30. The summed E-state index contributed by atoms with van der Waals surface area (Å²) in [5.41, 5.74) is 0. The molecule has 1 unspecified atom stereocenters. The van der Waals surface area contributed by atoms with E-state index in [2.05, 4.69) is 118 Å². The van der Waals surface area contributed by atoms with E-state index < -0.39 is 6.10 Å². The van der Waals surface area contributed by atoms with Gasteiger partial charge in [-0.2, -0.15) is 0 Å². The molecular formula is C68H116O6. The second kappa shape index (κ2) is 61.9. The van der Waals surface area contributed by atoms with Gasteiger partial charge >= 0.3 is 17.9 Å². The molecule has 0 saturated heterocycles. The zero-order valence-corrected chi connectivity index (χ0v) is 48.6. The van der Waals surface area contributed by atoms with E-state index in [0.717, 1.165) is 116 Å². The Bertz CT molecular complexity index is 1460. The van der Waals surface area contributed by atoms with Gasteiger partial charge in [-0.05, 0) is 103 Å². The first kappa shape index (κ1) is 70.3. The molecule has 0 aromatic heterocycles. The molecule has 0 aliphatic rings. The summed E-state index contributed by atoms with van der Waals surface area (Å²) in [7, 11) is 0. The van der Waals surface area contributed by atoms with Gasteiger partial charge in [0.05, 0.1) is 0 Å². The standard InChI is InChI=1S/C68H116O6/c1-4-7-10-13-16-19-22-24-26-28-30-31-32-33-34-35-36-37-38-40-41-43-46-49-52-55-58-61-67(70)73-64-65(63-72-66(69)60-57-54-51-48-45-21-18-15-12-9-6-3)74-68(71)62-59-56-53-50-47-44-42-39-29-27-25-23-20-17-14-11-8-5-2/h7,10,16,19-20,23-24,26-27,29-31,33-34,36-37,65H,4-6,8-9,11-15,17-18,21-22,25,28,32,35,38-64H2,1-3H3/b10-7-,19-16-,23-20-,26-24-,29-27-,31-30-,34-33-,37-36-. The third-order valence-electron chi connectivity index (χ3n) is 13.3. The maximum Gasteiger partial charge on any atom is 0.306 e. The maximum atomic E-state index is 12.9. The number of carbonyl (C=O) groups excluding carboxylic acids is 3. The number of esters is 3. The highest BCUT2D eigenvalue weighted by Crippen LogP contribution is 2.16. The molecule has 0 N–H and O–H groups in total. The van der Waals surface area contributed by atoms with Crippen molar-refractivity contribution in [2.45, 2.75) is 303 Å². The molecule has 6 heteroatoms. The van der Waals surface area contributed by atoms with Crippen molar-refractivity contribution in [3.05, 3.63) is 97.2 Å². The molecule has 0 aliphatic heterocycles. The molecular weight excluding hydrogens is 913 g/mol. The van der Waals surface area contributed by atoms with Crippen LogP contribution in [-0.4, -0.2) is 37.2 Å². The Kier molecular flexibility index (Phi) is 58.8. The van der Waals surface area contributed by atoms with Gasteiger partial charge in [0.15, 0.2) is 6.10 Å². The minimum absolute atomic E-state index is 0.0811. The summed E-state index contributed by atoms with van der Waals surface area (Å²) in [6.45, 7) is 6.51. The van der Waals surface area contributed by atoms with E-state index >= 15 is 0 Å². The fourth-order valence-corrected chi connectivity index (χ4v) is 8.65. The SMILES string of the molecule is CC/C=C\C/C=C\C/C=C\C/C=C\C/C=C\C/C=C\CCCCCCCCCCC(=O)OCC(COC(=O)CCCCCCCCCCCCC)OC(=O)CCCCCCCCC/C=C\C/C=C\CCCCCC. The molecule has 0 amide bonds. The number of carbonyl (C=O) groups is 3. The lowest BCUT2D eigenvalue weighted by atomic mass is 10.1. The number of hydrogen-bond acceptors (Lipinski definition) is 6. The molecule has 0 aliphatic carbocycles. The summed E-state index contributed by atoms with van der Waals surface area (Å²) in [6, 6.07) is 0. The van der Waals surface area contributed by atoms with E-state index in [1.54, 1.807) is 0 Å². The first-order valence-electron chi connectivity index (χ1n) is 31.2. The monoisotopic (exact) mass is 1030 g/mol. The van der Waals surface area contributed by atoms with Gasteiger partial charge in [-0.15, -0.1) is 0 Å². The molecule has 6 nitrogen and oxygen atoms in total. The van der Waals surface area contributed by atoms with Crippen molar-refractivity contribution >= 4 is 17.9 Å². The maximum absolute atomic E-state index is 12.9. The summed E-state index contributed by atoms with van der Waals surface area (Å²) in [4.78, 5) is 38.2. The topological polar surface area (TPSA) is 78.9 Å². The van der Waals surface area contributed by atoms with Crippen LogP contribution in [0, 0.1) is 0 Å². The molecule has 0 fully saturated rings. The highest BCUT2D eigenvalue weighted by atomic mass is 16.6. The highest BCUT2D eigenvalue weighted by molar-refractivity contribution is 5.71. The molecule has 0 bridgehead atoms. The van der Waals surface area contributed by atoms with Crippen molar-refractivity contribution in [1.29, 1.82) is 0 Å². The molecule has 74 heavy (non-hydrogen) atoms.